The lowest BCUT2D eigenvalue weighted by Gasteiger charge is -2.19. The van der Waals surface area contributed by atoms with Gasteiger partial charge in [-0.15, -0.1) is 0 Å². The van der Waals surface area contributed by atoms with Crippen LogP contribution in [0.4, 0.5) is 0 Å². The molecular weight excluding hydrogens is 476 g/mol. The molecule has 3 aromatic rings. The normalized spacial score (nSPS) is 12.7. The molecule has 0 N–H and O–H groups in total. The van der Waals surface area contributed by atoms with Gasteiger partial charge in [-0.1, -0.05) is 49.4 Å². The Bertz CT molecular complexity index is 1150. The van der Waals surface area contributed by atoms with E-state index < -0.39 is 8.07 Å². The van der Waals surface area contributed by atoms with Crippen LogP contribution in [0.3, 0.4) is 0 Å². The van der Waals surface area contributed by atoms with E-state index in [1.807, 2.05) is 36.4 Å². The highest BCUT2D eigenvalue weighted by molar-refractivity contribution is 6.76. The molecule has 0 saturated heterocycles. The van der Waals surface area contributed by atoms with Crippen LogP contribution in [-0.4, -0.2) is 51.4 Å². The first-order chi connectivity index (χ1) is 16.7. The van der Waals surface area contributed by atoms with E-state index in [4.69, 9.17) is 25.8 Å². The number of para-hydroxylation sites is 1. The van der Waals surface area contributed by atoms with Crippen LogP contribution in [0.2, 0.25) is 30.7 Å². The number of aromatic nitrogens is 1. The summed E-state index contributed by atoms with van der Waals surface area (Å²) >= 11 is 6.47. The highest BCUT2D eigenvalue weighted by Gasteiger charge is 2.26. The SMILES string of the molecule is CN(C)CCCOCc1cc2c(n1COCC[Si](C)(C)C)-c1cc(Cl)ccc1Oc1ccccc1-2. The molecule has 7 heteroatoms. The van der Waals surface area contributed by atoms with Gasteiger partial charge in [0.1, 0.15) is 18.2 Å². The van der Waals surface area contributed by atoms with Crippen molar-refractivity contribution in [2.24, 2.45) is 0 Å². The summed E-state index contributed by atoms with van der Waals surface area (Å²) in [7, 11) is 2.99. The molecule has 0 saturated carbocycles. The number of halogens is 1. The molecule has 0 aliphatic carbocycles. The molecule has 0 spiro atoms. The Hall–Kier alpha value is -2.09. The molecule has 2 heterocycles. The quantitative estimate of drug-likeness (QED) is 0.155. The van der Waals surface area contributed by atoms with Gasteiger partial charge >= 0.3 is 0 Å². The molecule has 0 unspecified atom stereocenters. The number of nitrogens with zero attached hydrogens (tertiary/aromatic N) is 2. The Labute approximate surface area is 215 Å². The van der Waals surface area contributed by atoms with Gasteiger partial charge in [-0.25, -0.2) is 0 Å². The molecule has 0 bridgehead atoms. The zero-order valence-corrected chi connectivity index (χ0v) is 23.3. The Balaban J connectivity index is 1.72. The molecule has 0 atom stereocenters. The van der Waals surface area contributed by atoms with Crippen molar-refractivity contribution in [2.45, 2.75) is 45.4 Å². The Morgan fingerprint density at radius 1 is 0.914 bits per heavy atom. The van der Waals surface area contributed by atoms with E-state index in [2.05, 4.69) is 55.3 Å². The largest absolute Gasteiger partial charge is 0.456 e. The van der Waals surface area contributed by atoms with Gasteiger partial charge in [0.05, 0.1) is 12.3 Å². The second-order valence-corrected chi connectivity index (χ2v) is 16.7. The average Bonchev–Trinajstić information content (AvgIpc) is 3.08. The summed E-state index contributed by atoms with van der Waals surface area (Å²) in [6.07, 6.45) is 0.995. The third kappa shape index (κ3) is 6.57. The van der Waals surface area contributed by atoms with Crippen LogP contribution in [0.1, 0.15) is 12.1 Å². The molecule has 5 nitrogen and oxygen atoms in total. The maximum Gasteiger partial charge on any atom is 0.136 e. The van der Waals surface area contributed by atoms with E-state index in [9.17, 15) is 0 Å². The van der Waals surface area contributed by atoms with Crippen molar-refractivity contribution in [3.63, 3.8) is 0 Å². The lowest BCUT2D eigenvalue weighted by atomic mass is 10.0. The minimum absolute atomic E-state index is 0.463. The molecule has 2 aromatic carbocycles. The van der Waals surface area contributed by atoms with Crippen LogP contribution >= 0.6 is 11.6 Å². The first kappa shape index (κ1) is 26.0. The van der Waals surface area contributed by atoms with Crippen LogP contribution in [0.5, 0.6) is 11.5 Å². The molecule has 188 valence electrons. The number of benzene rings is 2. The number of hydrogen-bond acceptors (Lipinski definition) is 4. The molecular formula is C28H37ClN2O3Si. The van der Waals surface area contributed by atoms with Crippen molar-refractivity contribution in [2.75, 3.05) is 33.9 Å². The van der Waals surface area contributed by atoms with Crippen molar-refractivity contribution in [1.82, 2.24) is 9.47 Å². The number of rotatable bonds is 11. The van der Waals surface area contributed by atoms with Gasteiger partial charge in [-0.05, 0) is 63.4 Å². The summed E-state index contributed by atoms with van der Waals surface area (Å²) in [5.74, 6) is 1.63. The molecule has 0 radical (unpaired) electrons. The first-order valence-electron chi connectivity index (χ1n) is 12.3. The standard InChI is InChI=1S/C28H37ClN2O3Si/c1-30(2)13-8-14-32-19-22-18-24-23-9-6-7-10-26(23)34-27-12-11-21(29)17-25(27)28(24)31(22)20-33-15-16-35(3,4)5/h6-7,9-12,17-18H,8,13-16,19-20H2,1-5H3. The second-order valence-electron chi connectivity index (χ2n) is 10.6. The summed E-state index contributed by atoms with van der Waals surface area (Å²) in [4.78, 5) is 2.18. The van der Waals surface area contributed by atoms with Crippen LogP contribution in [0.15, 0.2) is 48.5 Å². The predicted molar refractivity (Wildman–Crippen MR) is 147 cm³/mol. The molecule has 1 aliphatic rings. The third-order valence-electron chi connectivity index (χ3n) is 6.14. The van der Waals surface area contributed by atoms with E-state index in [1.54, 1.807) is 0 Å². The molecule has 0 amide bonds. The summed E-state index contributed by atoms with van der Waals surface area (Å²) in [6.45, 7) is 10.6. The van der Waals surface area contributed by atoms with E-state index >= 15 is 0 Å². The van der Waals surface area contributed by atoms with E-state index in [0.29, 0.717) is 25.0 Å². The minimum Gasteiger partial charge on any atom is -0.456 e. The first-order valence-corrected chi connectivity index (χ1v) is 16.4. The zero-order chi connectivity index (χ0) is 25.0. The van der Waals surface area contributed by atoms with Gasteiger partial charge in [-0.3, -0.25) is 0 Å². The van der Waals surface area contributed by atoms with Crippen molar-refractivity contribution < 1.29 is 14.2 Å². The van der Waals surface area contributed by atoms with Gasteiger partial charge in [0.25, 0.3) is 0 Å². The zero-order valence-electron chi connectivity index (χ0n) is 21.6. The van der Waals surface area contributed by atoms with Crippen molar-refractivity contribution in [3.8, 4) is 33.9 Å². The number of hydrogen-bond donors (Lipinski definition) is 0. The fourth-order valence-corrected chi connectivity index (χ4v) is 5.16. The van der Waals surface area contributed by atoms with Gasteiger partial charge in [0.15, 0.2) is 0 Å². The monoisotopic (exact) mass is 512 g/mol. The molecule has 0 fully saturated rings. The maximum atomic E-state index is 6.47. The maximum absolute atomic E-state index is 6.47. The topological polar surface area (TPSA) is 35.9 Å². The molecule has 35 heavy (non-hydrogen) atoms. The molecule has 1 aliphatic heterocycles. The minimum atomic E-state index is -1.18. The third-order valence-corrected chi connectivity index (χ3v) is 8.08. The van der Waals surface area contributed by atoms with Gasteiger partial charge in [0, 0.05) is 48.7 Å². The lowest BCUT2D eigenvalue weighted by molar-refractivity contribution is 0.0726. The van der Waals surface area contributed by atoms with E-state index in [0.717, 1.165) is 65.2 Å². The fourth-order valence-electron chi connectivity index (χ4n) is 4.23. The highest BCUT2D eigenvalue weighted by Crippen LogP contribution is 2.48. The lowest BCUT2D eigenvalue weighted by Crippen LogP contribution is -2.22. The van der Waals surface area contributed by atoms with Crippen molar-refractivity contribution in [3.05, 3.63) is 59.2 Å². The summed E-state index contributed by atoms with van der Waals surface area (Å²) in [5, 5.41) is 0.679. The molecule has 4 rings (SSSR count). The predicted octanol–water partition coefficient (Wildman–Crippen LogP) is 7.36. The van der Waals surface area contributed by atoms with Crippen molar-refractivity contribution >= 4 is 19.7 Å². The van der Waals surface area contributed by atoms with Crippen LogP contribution < -0.4 is 4.74 Å². The van der Waals surface area contributed by atoms with Gasteiger partial charge < -0.3 is 23.7 Å². The number of ether oxygens (including phenoxy) is 3. The Kier molecular flexibility index (Phi) is 8.40. The fraction of sp³-hybridized carbons (Fsp3) is 0.429. The van der Waals surface area contributed by atoms with Gasteiger partial charge in [0.2, 0.25) is 0 Å². The van der Waals surface area contributed by atoms with Crippen LogP contribution in [0, 0.1) is 0 Å². The highest BCUT2D eigenvalue weighted by atomic mass is 35.5. The summed E-state index contributed by atoms with van der Waals surface area (Å²) in [6, 6.07) is 17.3. The van der Waals surface area contributed by atoms with E-state index in [-0.39, 0.29) is 0 Å². The summed E-state index contributed by atoms with van der Waals surface area (Å²) < 4.78 is 21.0. The van der Waals surface area contributed by atoms with E-state index in [1.165, 1.54) is 0 Å². The average molecular weight is 513 g/mol. The molecule has 1 aromatic heterocycles. The smallest absolute Gasteiger partial charge is 0.136 e. The second kappa shape index (κ2) is 11.3. The van der Waals surface area contributed by atoms with Crippen LogP contribution in [-0.2, 0) is 22.8 Å². The van der Waals surface area contributed by atoms with Crippen LogP contribution in [0.25, 0.3) is 22.4 Å². The summed E-state index contributed by atoms with van der Waals surface area (Å²) in [5.41, 5.74) is 5.30. The number of fused-ring (bicyclic) bond motifs is 5. The Morgan fingerprint density at radius 3 is 2.46 bits per heavy atom. The van der Waals surface area contributed by atoms with Crippen molar-refractivity contribution in [1.29, 1.82) is 0 Å². The Morgan fingerprint density at radius 2 is 1.69 bits per heavy atom. The van der Waals surface area contributed by atoms with Gasteiger partial charge in [-0.2, -0.15) is 0 Å².